The minimum atomic E-state index is -3.18. The average Bonchev–Trinajstić information content (AvgIpc) is 3.15. The number of aromatic nitrogens is 2. The fraction of sp³-hybridized carbons (Fsp3) is 0.250. The lowest BCUT2D eigenvalue weighted by Crippen LogP contribution is -2.20. The smallest absolute Gasteiger partial charge is 0.171 e. The molecule has 1 aliphatic heterocycles. The van der Waals surface area contributed by atoms with Crippen LogP contribution in [-0.4, -0.2) is 46.4 Å². The SMILES string of the molecule is O=S1(=O)C[C@H](Sc2nc(-c3cccs3)nc3ccccc23)[C@@H](O)C1. The number of thioether (sulfide) groups is 1. The number of benzene rings is 1. The van der Waals surface area contributed by atoms with E-state index < -0.39 is 21.2 Å². The van der Waals surface area contributed by atoms with Gasteiger partial charge in [0.1, 0.15) is 5.03 Å². The van der Waals surface area contributed by atoms with E-state index >= 15 is 0 Å². The highest BCUT2D eigenvalue weighted by atomic mass is 32.2. The van der Waals surface area contributed by atoms with E-state index in [1.54, 1.807) is 11.3 Å². The number of hydrogen-bond acceptors (Lipinski definition) is 7. The first kappa shape index (κ1) is 16.0. The third-order valence-electron chi connectivity index (χ3n) is 3.84. The molecule has 2 atom stereocenters. The molecule has 0 spiro atoms. The molecule has 1 aromatic carbocycles. The molecule has 1 aliphatic rings. The molecule has 3 aromatic rings. The first-order chi connectivity index (χ1) is 11.5. The van der Waals surface area contributed by atoms with Crippen molar-refractivity contribution in [3.63, 3.8) is 0 Å². The molecule has 124 valence electrons. The molecule has 1 saturated heterocycles. The molecule has 0 unspecified atom stereocenters. The Morgan fingerprint density at radius 2 is 1.96 bits per heavy atom. The van der Waals surface area contributed by atoms with Crippen LogP contribution in [0.2, 0.25) is 0 Å². The first-order valence-corrected chi connectivity index (χ1v) is 11.0. The standard InChI is InChI=1S/C16H14N2O3S3/c19-12-8-24(20,21)9-14(12)23-16-10-4-1-2-5-11(10)17-15(18-16)13-6-3-7-22-13/h1-7,12,14,19H,8-9H2/t12-,14-/m0/s1. The van der Waals surface area contributed by atoms with Crippen molar-refractivity contribution in [2.24, 2.45) is 0 Å². The molecular weight excluding hydrogens is 364 g/mol. The molecule has 0 amide bonds. The Morgan fingerprint density at radius 1 is 1.12 bits per heavy atom. The van der Waals surface area contributed by atoms with E-state index in [4.69, 9.17) is 0 Å². The Labute approximate surface area is 147 Å². The second kappa shape index (κ2) is 6.11. The average molecular weight is 379 g/mol. The molecule has 4 rings (SSSR count). The number of hydrogen-bond donors (Lipinski definition) is 1. The maximum Gasteiger partial charge on any atom is 0.171 e. The van der Waals surface area contributed by atoms with Crippen molar-refractivity contribution >= 4 is 43.8 Å². The number of thiophene rings is 1. The third-order valence-corrected chi connectivity index (χ3v) is 7.96. The quantitative estimate of drug-likeness (QED) is 0.706. The van der Waals surface area contributed by atoms with Crippen molar-refractivity contribution in [3.05, 3.63) is 41.8 Å². The summed E-state index contributed by atoms with van der Waals surface area (Å²) in [7, 11) is -3.18. The molecule has 24 heavy (non-hydrogen) atoms. The van der Waals surface area contributed by atoms with Gasteiger partial charge in [0.15, 0.2) is 15.7 Å². The zero-order valence-corrected chi connectivity index (χ0v) is 14.9. The zero-order valence-electron chi connectivity index (χ0n) is 12.5. The number of sulfone groups is 1. The maximum absolute atomic E-state index is 11.8. The van der Waals surface area contributed by atoms with Crippen molar-refractivity contribution in [1.29, 1.82) is 0 Å². The van der Waals surface area contributed by atoms with Crippen LogP contribution in [0.4, 0.5) is 0 Å². The lowest BCUT2D eigenvalue weighted by molar-refractivity contribution is 0.207. The highest BCUT2D eigenvalue weighted by Gasteiger charge is 2.37. The largest absolute Gasteiger partial charge is 0.391 e. The van der Waals surface area contributed by atoms with E-state index in [0.717, 1.165) is 15.8 Å². The topological polar surface area (TPSA) is 80.2 Å². The second-order valence-corrected chi connectivity index (χ2v) is 9.98. The lowest BCUT2D eigenvalue weighted by Gasteiger charge is -2.13. The zero-order chi connectivity index (χ0) is 16.7. The number of nitrogens with zero attached hydrogens (tertiary/aromatic N) is 2. The van der Waals surface area contributed by atoms with Gasteiger partial charge >= 0.3 is 0 Å². The summed E-state index contributed by atoms with van der Waals surface area (Å²) in [6.45, 7) is 0. The second-order valence-electron chi connectivity index (χ2n) is 5.65. The van der Waals surface area contributed by atoms with Gasteiger partial charge in [-0.1, -0.05) is 36.0 Å². The predicted molar refractivity (Wildman–Crippen MR) is 97.2 cm³/mol. The molecule has 8 heteroatoms. The molecule has 2 aromatic heterocycles. The number of aliphatic hydroxyl groups excluding tert-OH is 1. The van der Waals surface area contributed by atoms with E-state index in [9.17, 15) is 13.5 Å². The van der Waals surface area contributed by atoms with Gasteiger partial charge in [0.25, 0.3) is 0 Å². The Hall–Kier alpha value is -1.48. The predicted octanol–water partition coefficient (Wildman–Crippen LogP) is 2.61. The molecule has 0 saturated carbocycles. The molecule has 0 radical (unpaired) electrons. The van der Waals surface area contributed by atoms with Gasteiger partial charge < -0.3 is 5.11 Å². The van der Waals surface area contributed by atoms with E-state index in [1.807, 2.05) is 41.8 Å². The van der Waals surface area contributed by atoms with Crippen LogP contribution in [0.1, 0.15) is 0 Å². The molecular formula is C16H14N2O3S3. The van der Waals surface area contributed by atoms with Gasteiger partial charge in [-0.25, -0.2) is 18.4 Å². The minimum Gasteiger partial charge on any atom is -0.391 e. The maximum atomic E-state index is 11.8. The minimum absolute atomic E-state index is 0.0223. The van der Waals surface area contributed by atoms with Crippen molar-refractivity contribution in [2.75, 3.05) is 11.5 Å². The van der Waals surface area contributed by atoms with E-state index in [0.29, 0.717) is 10.9 Å². The van der Waals surface area contributed by atoms with Crippen molar-refractivity contribution in [1.82, 2.24) is 9.97 Å². The molecule has 0 aliphatic carbocycles. The lowest BCUT2D eigenvalue weighted by atomic mass is 10.2. The number of para-hydroxylation sites is 1. The van der Waals surface area contributed by atoms with Crippen molar-refractivity contribution < 1.29 is 13.5 Å². The molecule has 0 bridgehead atoms. The van der Waals surface area contributed by atoms with Crippen LogP contribution in [-0.2, 0) is 9.84 Å². The van der Waals surface area contributed by atoms with Crippen molar-refractivity contribution in [2.45, 2.75) is 16.4 Å². The summed E-state index contributed by atoms with van der Waals surface area (Å²) in [5.41, 5.74) is 0.814. The van der Waals surface area contributed by atoms with Crippen LogP contribution in [0.5, 0.6) is 0 Å². The molecule has 1 fully saturated rings. The summed E-state index contributed by atoms with van der Waals surface area (Å²) in [6.07, 6.45) is -0.862. The van der Waals surface area contributed by atoms with Gasteiger partial charge in [-0.2, -0.15) is 0 Å². The summed E-state index contributed by atoms with van der Waals surface area (Å²) >= 11 is 2.88. The number of rotatable bonds is 3. The normalized spacial score (nSPS) is 22.9. The van der Waals surface area contributed by atoms with Crippen LogP contribution in [0.15, 0.2) is 46.8 Å². The first-order valence-electron chi connectivity index (χ1n) is 7.38. The van der Waals surface area contributed by atoms with Gasteiger partial charge in [-0.05, 0) is 17.5 Å². The number of fused-ring (bicyclic) bond motifs is 1. The Morgan fingerprint density at radius 3 is 2.67 bits per heavy atom. The van der Waals surface area contributed by atoms with Crippen LogP contribution < -0.4 is 0 Å². The molecule has 3 heterocycles. The molecule has 5 nitrogen and oxygen atoms in total. The highest BCUT2D eigenvalue weighted by molar-refractivity contribution is 8.02. The van der Waals surface area contributed by atoms with Gasteiger partial charge in [-0.15, -0.1) is 11.3 Å². The summed E-state index contributed by atoms with van der Waals surface area (Å²) in [5, 5.41) is 13.2. The Bertz CT molecular complexity index is 987. The fourth-order valence-corrected chi connectivity index (χ4v) is 6.97. The summed E-state index contributed by atoms with van der Waals surface area (Å²) in [5.74, 6) is 0.429. The third kappa shape index (κ3) is 3.06. The van der Waals surface area contributed by atoms with Crippen molar-refractivity contribution in [3.8, 4) is 10.7 Å². The Kier molecular flexibility index (Phi) is 4.07. The van der Waals surface area contributed by atoms with Gasteiger partial charge in [0, 0.05) is 5.39 Å². The summed E-state index contributed by atoms with van der Waals surface area (Å²) in [6, 6.07) is 11.6. The van der Waals surface area contributed by atoms with E-state index in [1.165, 1.54) is 11.8 Å². The Balaban J connectivity index is 1.79. The fourth-order valence-electron chi connectivity index (χ4n) is 2.71. The van der Waals surface area contributed by atoms with Crippen LogP contribution in [0.25, 0.3) is 21.6 Å². The summed E-state index contributed by atoms with van der Waals surface area (Å²) < 4.78 is 23.5. The van der Waals surface area contributed by atoms with Gasteiger partial charge in [0.05, 0.1) is 33.3 Å². The van der Waals surface area contributed by atoms with E-state index in [-0.39, 0.29) is 11.5 Å². The molecule has 1 N–H and O–H groups in total. The van der Waals surface area contributed by atoms with Crippen LogP contribution in [0.3, 0.4) is 0 Å². The monoisotopic (exact) mass is 378 g/mol. The summed E-state index contributed by atoms with van der Waals surface area (Å²) in [4.78, 5) is 10.2. The van der Waals surface area contributed by atoms with Crippen LogP contribution in [0, 0.1) is 0 Å². The van der Waals surface area contributed by atoms with E-state index in [2.05, 4.69) is 9.97 Å². The highest BCUT2D eigenvalue weighted by Crippen LogP contribution is 2.35. The van der Waals surface area contributed by atoms with Crippen LogP contribution >= 0.6 is 23.1 Å². The van der Waals surface area contributed by atoms with Gasteiger partial charge in [-0.3, -0.25) is 0 Å². The number of aliphatic hydroxyl groups is 1. The van der Waals surface area contributed by atoms with Gasteiger partial charge in [0.2, 0.25) is 0 Å².